The van der Waals surface area contributed by atoms with Crippen LogP contribution in [0.5, 0.6) is 5.95 Å². The lowest BCUT2D eigenvalue weighted by atomic mass is 10.0. The number of thioether (sulfide) groups is 1. The molecule has 2 aromatic rings. The molecule has 27 heavy (non-hydrogen) atoms. The Kier molecular flexibility index (Phi) is 5.67. The molecule has 2 aromatic heterocycles. The lowest BCUT2D eigenvalue weighted by molar-refractivity contribution is -0.772. The van der Waals surface area contributed by atoms with Gasteiger partial charge in [0.05, 0.1) is 17.4 Å². The molecule has 0 atom stereocenters. The smallest absolute Gasteiger partial charge is 0.290 e. The molecule has 2 amide bonds. The minimum absolute atomic E-state index is 0.00481. The topological polar surface area (TPSA) is 126 Å². The second-order valence-electron chi connectivity index (χ2n) is 5.95. The van der Waals surface area contributed by atoms with Crippen LogP contribution in [0.25, 0.3) is 0 Å². The van der Waals surface area contributed by atoms with Crippen molar-refractivity contribution in [3.63, 3.8) is 0 Å². The van der Waals surface area contributed by atoms with Gasteiger partial charge in [0.1, 0.15) is 11.1 Å². The summed E-state index contributed by atoms with van der Waals surface area (Å²) >= 11 is 2.53. The van der Waals surface area contributed by atoms with E-state index in [1.807, 2.05) is 0 Å². The fraction of sp³-hybridized carbons (Fsp3) is 0.438. The lowest BCUT2D eigenvalue weighted by Gasteiger charge is -2.25. The molecule has 1 aliphatic rings. The standard InChI is InChI=1S/C16H17N5O4S2/c1-9(22)21-5-3-10-11(7-17)14(27-12(10)8-21)18-13(23)4-6-26-15-16(24)25-19-20(15)2/h3-6,8H2,1-2H3,(H-,18,19,23,24). The summed E-state index contributed by atoms with van der Waals surface area (Å²) < 4.78 is 5.85. The molecule has 0 radical (unpaired) electrons. The third-order valence-electron chi connectivity index (χ3n) is 4.15. The summed E-state index contributed by atoms with van der Waals surface area (Å²) in [7, 11) is 1.59. The molecule has 0 unspecified atom stereocenters. The maximum absolute atomic E-state index is 12.2. The Morgan fingerprint density at radius 2 is 2.33 bits per heavy atom. The van der Waals surface area contributed by atoms with Crippen molar-refractivity contribution in [2.24, 2.45) is 7.05 Å². The number of nitriles is 1. The molecule has 0 saturated carbocycles. The van der Waals surface area contributed by atoms with Crippen molar-refractivity contribution >= 4 is 39.9 Å². The fourth-order valence-corrected chi connectivity index (χ4v) is 4.85. The predicted molar refractivity (Wildman–Crippen MR) is 94.9 cm³/mol. The predicted octanol–water partition coefficient (Wildman–Crippen LogP) is 0.531. The molecule has 0 saturated heterocycles. The summed E-state index contributed by atoms with van der Waals surface area (Å²) in [5.74, 6) is -0.403. The van der Waals surface area contributed by atoms with E-state index in [2.05, 4.69) is 21.2 Å². The van der Waals surface area contributed by atoms with Crippen molar-refractivity contribution in [2.75, 3.05) is 17.6 Å². The van der Waals surface area contributed by atoms with Crippen molar-refractivity contribution in [3.05, 3.63) is 16.0 Å². The first-order valence-electron chi connectivity index (χ1n) is 8.16. The number of thiophene rings is 1. The number of amides is 2. The lowest BCUT2D eigenvalue weighted by Crippen LogP contribution is -2.33. The summed E-state index contributed by atoms with van der Waals surface area (Å²) in [6, 6.07) is 2.17. The van der Waals surface area contributed by atoms with Gasteiger partial charge in [0.25, 0.3) is 5.03 Å². The molecule has 0 aromatic carbocycles. The Labute approximate surface area is 163 Å². The van der Waals surface area contributed by atoms with Gasteiger partial charge in [-0.25, -0.2) is 0 Å². The Balaban J connectivity index is 1.63. The third kappa shape index (κ3) is 4.06. The van der Waals surface area contributed by atoms with Gasteiger partial charge >= 0.3 is 0 Å². The Bertz CT molecular complexity index is 911. The molecule has 0 spiro atoms. The van der Waals surface area contributed by atoms with Gasteiger partial charge < -0.3 is 19.8 Å². The molecular formula is C16H17N5O4S2. The Morgan fingerprint density at radius 3 is 2.96 bits per heavy atom. The highest BCUT2D eigenvalue weighted by Crippen LogP contribution is 2.36. The van der Waals surface area contributed by atoms with Crippen molar-refractivity contribution in [3.8, 4) is 12.0 Å². The minimum atomic E-state index is -0.532. The molecule has 1 N–H and O–H groups in total. The number of aromatic nitrogens is 2. The van der Waals surface area contributed by atoms with E-state index in [0.717, 1.165) is 10.4 Å². The molecule has 0 aliphatic carbocycles. The number of anilines is 1. The van der Waals surface area contributed by atoms with Gasteiger partial charge in [-0.15, -0.1) is 11.3 Å². The molecule has 3 heterocycles. The van der Waals surface area contributed by atoms with Crippen LogP contribution in [0, 0.1) is 11.3 Å². The van der Waals surface area contributed by atoms with Gasteiger partial charge in [-0.3, -0.25) is 9.59 Å². The summed E-state index contributed by atoms with van der Waals surface area (Å²) in [6.07, 6.45) is 0.776. The first-order chi connectivity index (χ1) is 12.9. The van der Waals surface area contributed by atoms with Gasteiger partial charge in [0.15, 0.2) is 13.0 Å². The van der Waals surface area contributed by atoms with Gasteiger partial charge in [-0.2, -0.15) is 5.26 Å². The highest BCUT2D eigenvalue weighted by molar-refractivity contribution is 7.99. The van der Waals surface area contributed by atoms with E-state index < -0.39 is 5.95 Å². The van der Waals surface area contributed by atoms with Crippen LogP contribution in [0.4, 0.5) is 5.00 Å². The Hall–Kier alpha value is -2.58. The fourth-order valence-electron chi connectivity index (χ4n) is 2.77. The molecular weight excluding hydrogens is 390 g/mol. The second kappa shape index (κ2) is 7.98. The second-order valence-corrected chi connectivity index (χ2v) is 8.13. The zero-order chi connectivity index (χ0) is 19.6. The van der Waals surface area contributed by atoms with Gasteiger partial charge in [-0.05, 0) is 12.0 Å². The first-order valence-corrected chi connectivity index (χ1v) is 9.96. The van der Waals surface area contributed by atoms with Gasteiger partial charge in [-0.1, -0.05) is 16.4 Å². The number of hydrogen-bond donors (Lipinski definition) is 1. The Morgan fingerprint density at radius 1 is 1.56 bits per heavy atom. The number of hydrogen-bond acceptors (Lipinski definition) is 8. The van der Waals surface area contributed by atoms with Crippen LogP contribution in [0.1, 0.15) is 29.3 Å². The monoisotopic (exact) mass is 407 g/mol. The van der Waals surface area contributed by atoms with Crippen molar-refractivity contribution < 1.29 is 23.9 Å². The van der Waals surface area contributed by atoms with Crippen LogP contribution in [0.3, 0.4) is 0 Å². The van der Waals surface area contributed by atoms with E-state index >= 15 is 0 Å². The number of nitrogens with zero attached hydrogens (tertiary/aromatic N) is 4. The highest BCUT2D eigenvalue weighted by Gasteiger charge is 2.26. The van der Waals surface area contributed by atoms with E-state index in [4.69, 9.17) is 0 Å². The van der Waals surface area contributed by atoms with Crippen LogP contribution >= 0.6 is 23.1 Å². The largest absolute Gasteiger partial charge is 0.538 e. The summed E-state index contributed by atoms with van der Waals surface area (Å²) in [6.45, 7) is 2.56. The maximum atomic E-state index is 12.2. The zero-order valence-corrected chi connectivity index (χ0v) is 16.4. The average Bonchev–Trinajstić information content (AvgIpc) is 3.14. The van der Waals surface area contributed by atoms with E-state index in [1.54, 1.807) is 11.9 Å². The number of aryl methyl sites for hydroxylation is 1. The zero-order valence-electron chi connectivity index (χ0n) is 14.8. The number of nitrogens with one attached hydrogen (secondary N) is 1. The van der Waals surface area contributed by atoms with Crippen LogP contribution in [-0.4, -0.2) is 34.3 Å². The number of carbonyl (C=O) groups excluding carboxylic acids is 2. The number of fused-ring (bicyclic) bond motifs is 1. The molecule has 0 bridgehead atoms. The van der Waals surface area contributed by atoms with E-state index in [1.165, 1.54) is 34.7 Å². The maximum Gasteiger partial charge on any atom is 0.290 e. The normalized spacial score (nSPS) is 13.1. The van der Waals surface area contributed by atoms with E-state index in [-0.39, 0.29) is 18.2 Å². The summed E-state index contributed by atoms with van der Waals surface area (Å²) in [5, 5.41) is 28.1. The molecule has 9 nitrogen and oxygen atoms in total. The quantitative estimate of drug-likeness (QED) is 0.566. The molecule has 1 aliphatic heterocycles. The van der Waals surface area contributed by atoms with Crippen molar-refractivity contribution in [2.45, 2.75) is 31.3 Å². The van der Waals surface area contributed by atoms with Crippen LogP contribution in [0.2, 0.25) is 0 Å². The molecule has 0 fully saturated rings. The summed E-state index contributed by atoms with van der Waals surface area (Å²) in [4.78, 5) is 26.5. The van der Waals surface area contributed by atoms with Gasteiger partial charge in [0, 0.05) is 30.5 Å². The van der Waals surface area contributed by atoms with Crippen LogP contribution in [-0.2, 0) is 29.6 Å². The van der Waals surface area contributed by atoms with E-state index in [0.29, 0.717) is 40.9 Å². The highest BCUT2D eigenvalue weighted by atomic mass is 32.2. The SMILES string of the molecule is CC(=O)N1CCc2c(sc(NC(=O)CCSc3c([O-])on[n+]3C)c2C#N)C1. The number of rotatable bonds is 5. The first kappa shape index (κ1) is 19.2. The van der Waals surface area contributed by atoms with Crippen molar-refractivity contribution in [1.82, 2.24) is 10.2 Å². The third-order valence-corrected chi connectivity index (χ3v) is 6.39. The number of carbonyl (C=O) groups is 2. The molecule has 142 valence electrons. The molecule has 11 heteroatoms. The summed E-state index contributed by atoms with van der Waals surface area (Å²) in [5.41, 5.74) is 1.39. The van der Waals surface area contributed by atoms with Crippen molar-refractivity contribution in [1.29, 1.82) is 5.26 Å². The van der Waals surface area contributed by atoms with E-state index in [9.17, 15) is 20.0 Å². The van der Waals surface area contributed by atoms with Crippen LogP contribution in [0.15, 0.2) is 9.55 Å². The molecule has 3 rings (SSSR count). The van der Waals surface area contributed by atoms with Gasteiger partial charge in [0.2, 0.25) is 11.8 Å². The minimum Gasteiger partial charge on any atom is -0.538 e. The average molecular weight is 407 g/mol. The van der Waals surface area contributed by atoms with Crippen LogP contribution < -0.4 is 15.1 Å².